The van der Waals surface area contributed by atoms with E-state index in [-0.39, 0.29) is 5.91 Å². The largest absolute Gasteiger partial charge is 0.380 e. The van der Waals surface area contributed by atoms with Crippen LogP contribution >= 0.6 is 11.6 Å². The van der Waals surface area contributed by atoms with E-state index in [0.29, 0.717) is 30.5 Å². The highest BCUT2D eigenvalue weighted by molar-refractivity contribution is 6.29. The van der Waals surface area contributed by atoms with Gasteiger partial charge in [0.05, 0.1) is 12.2 Å². The summed E-state index contributed by atoms with van der Waals surface area (Å²) >= 11 is 5.64. The first kappa shape index (κ1) is 12.9. The molecule has 88 valence electrons. The number of hydrogen-bond donors (Lipinski definition) is 0. The minimum atomic E-state index is -0.0798. The smallest absolute Gasteiger partial charge is 0.255 e. The number of amides is 1. The molecular formula is C11H15ClN2O2. The molecule has 0 radical (unpaired) electrons. The number of hydrogen-bond acceptors (Lipinski definition) is 3. The average molecular weight is 243 g/mol. The Labute approximate surface area is 100 Å². The Morgan fingerprint density at radius 2 is 2.31 bits per heavy atom. The van der Waals surface area contributed by atoms with Crippen molar-refractivity contribution in [3.63, 3.8) is 0 Å². The molecule has 0 aliphatic rings. The van der Waals surface area contributed by atoms with Crippen LogP contribution in [-0.4, -0.2) is 42.6 Å². The SMILES string of the molecule is CCOCCN(C)C(=O)c1ccc(Cl)nc1. The summed E-state index contributed by atoms with van der Waals surface area (Å²) in [4.78, 5) is 17.3. The Bertz CT molecular complexity index is 340. The summed E-state index contributed by atoms with van der Waals surface area (Å²) in [5.74, 6) is -0.0798. The van der Waals surface area contributed by atoms with Gasteiger partial charge in [-0.25, -0.2) is 4.98 Å². The molecule has 1 rings (SSSR count). The lowest BCUT2D eigenvalue weighted by Gasteiger charge is -2.16. The van der Waals surface area contributed by atoms with Crippen LogP contribution in [0.25, 0.3) is 0 Å². The number of aromatic nitrogens is 1. The highest BCUT2D eigenvalue weighted by atomic mass is 35.5. The van der Waals surface area contributed by atoms with E-state index in [9.17, 15) is 4.79 Å². The van der Waals surface area contributed by atoms with Crippen molar-refractivity contribution in [2.75, 3.05) is 26.8 Å². The van der Waals surface area contributed by atoms with Crippen LogP contribution in [0.15, 0.2) is 18.3 Å². The van der Waals surface area contributed by atoms with Crippen molar-refractivity contribution < 1.29 is 9.53 Å². The Balaban J connectivity index is 2.53. The second-order valence-corrected chi connectivity index (χ2v) is 3.68. The van der Waals surface area contributed by atoms with Crippen LogP contribution < -0.4 is 0 Å². The summed E-state index contributed by atoms with van der Waals surface area (Å²) in [7, 11) is 1.73. The van der Waals surface area contributed by atoms with E-state index in [0.717, 1.165) is 0 Å². The van der Waals surface area contributed by atoms with Crippen LogP contribution in [0.3, 0.4) is 0 Å². The monoisotopic (exact) mass is 242 g/mol. The first-order valence-electron chi connectivity index (χ1n) is 5.10. The van der Waals surface area contributed by atoms with Crippen LogP contribution in [0, 0.1) is 0 Å². The van der Waals surface area contributed by atoms with Gasteiger partial charge in [0.25, 0.3) is 5.91 Å². The Morgan fingerprint density at radius 3 is 2.88 bits per heavy atom. The van der Waals surface area contributed by atoms with Crippen LogP contribution in [0.4, 0.5) is 0 Å². The van der Waals surface area contributed by atoms with Gasteiger partial charge in [0.2, 0.25) is 0 Å². The maximum atomic E-state index is 11.8. The number of likely N-dealkylation sites (N-methyl/N-ethyl adjacent to an activating group) is 1. The number of rotatable bonds is 5. The summed E-state index contributed by atoms with van der Waals surface area (Å²) < 4.78 is 5.18. The van der Waals surface area contributed by atoms with Crippen molar-refractivity contribution in [2.45, 2.75) is 6.92 Å². The molecular weight excluding hydrogens is 228 g/mol. The standard InChI is InChI=1S/C11H15ClN2O2/c1-3-16-7-6-14(2)11(15)9-4-5-10(12)13-8-9/h4-5,8H,3,6-7H2,1-2H3. The average Bonchev–Trinajstić information content (AvgIpc) is 2.29. The summed E-state index contributed by atoms with van der Waals surface area (Å²) in [6.07, 6.45) is 1.47. The van der Waals surface area contributed by atoms with Crippen LogP contribution in [0.1, 0.15) is 17.3 Å². The van der Waals surface area contributed by atoms with Gasteiger partial charge in [-0.1, -0.05) is 11.6 Å². The molecule has 0 aliphatic carbocycles. The molecule has 0 saturated carbocycles. The molecule has 0 fully saturated rings. The van der Waals surface area contributed by atoms with E-state index < -0.39 is 0 Å². The maximum Gasteiger partial charge on any atom is 0.255 e. The predicted molar refractivity (Wildman–Crippen MR) is 62.7 cm³/mol. The Morgan fingerprint density at radius 1 is 1.56 bits per heavy atom. The van der Waals surface area contributed by atoms with Gasteiger partial charge in [-0.05, 0) is 19.1 Å². The summed E-state index contributed by atoms with van der Waals surface area (Å²) in [5, 5.41) is 0.383. The number of ether oxygens (including phenoxy) is 1. The van der Waals surface area contributed by atoms with Gasteiger partial charge in [-0.2, -0.15) is 0 Å². The molecule has 1 aromatic rings. The minimum absolute atomic E-state index is 0.0798. The maximum absolute atomic E-state index is 11.8. The zero-order valence-corrected chi connectivity index (χ0v) is 10.2. The molecule has 1 amide bonds. The third-order valence-electron chi connectivity index (χ3n) is 2.10. The van der Waals surface area contributed by atoms with Gasteiger partial charge in [-0.3, -0.25) is 4.79 Å². The number of pyridine rings is 1. The lowest BCUT2D eigenvalue weighted by Crippen LogP contribution is -2.30. The quantitative estimate of drug-likeness (QED) is 0.585. The van der Waals surface area contributed by atoms with E-state index in [1.54, 1.807) is 24.1 Å². The van der Waals surface area contributed by atoms with Crippen molar-refractivity contribution in [2.24, 2.45) is 0 Å². The summed E-state index contributed by atoms with van der Waals surface area (Å²) in [6.45, 7) is 3.69. The Kier molecular flexibility index (Phi) is 5.22. The third kappa shape index (κ3) is 3.79. The summed E-state index contributed by atoms with van der Waals surface area (Å²) in [6, 6.07) is 3.26. The fraction of sp³-hybridized carbons (Fsp3) is 0.455. The third-order valence-corrected chi connectivity index (χ3v) is 2.32. The van der Waals surface area contributed by atoms with Crippen molar-refractivity contribution in [3.05, 3.63) is 29.0 Å². The fourth-order valence-corrected chi connectivity index (χ4v) is 1.28. The second kappa shape index (κ2) is 6.45. The van der Waals surface area contributed by atoms with E-state index >= 15 is 0 Å². The minimum Gasteiger partial charge on any atom is -0.380 e. The number of carbonyl (C=O) groups excluding carboxylic acids is 1. The summed E-state index contributed by atoms with van der Waals surface area (Å²) in [5.41, 5.74) is 0.531. The zero-order valence-electron chi connectivity index (χ0n) is 9.44. The van der Waals surface area contributed by atoms with Crippen molar-refractivity contribution in [1.82, 2.24) is 9.88 Å². The molecule has 0 aliphatic heterocycles. The van der Waals surface area contributed by atoms with Crippen LogP contribution in [0.5, 0.6) is 0 Å². The molecule has 4 nitrogen and oxygen atoms in total. The zero-order chi connectivity index (χ0) is 12.0. The molecule has 0 bridgehead atoms. The molecule has 1 aromatic heterocycles. The number of halogens is 1. The fourth-order valence-electron chi connectivity index (χ4n) is 1.17. The van der Waals surface area contributed by atoms with E-state index in [4.69, 9.17) is 16.3 Å². The van der Waals surface area contributed by atoms with E-state index in [1.165, 1.54) is 6.20 Å². The van der Waals surface area contributed by atoms with Crippen LogP contribution in [0.2, 0.25) is 5.15 Å². The highest BCUT2D eigenvalue weighted by Gasteiger charge is 2.11. The van der Waals surface area contributed by atoms with Gasteiger partial charge >= 0.3 is 0 Å². The normalized spacial score (nSPS) is 10.2. The lowest BCUT2D eigenvalue weighted by molar-refractivity contribution is 0.0709. The van der Waals surface area contributed by atoms with E-state index in [2.05, 4.69) is 4.98 Å². The molecule has 0 atom stereocenters. The van der Waals surface area contributed by atoms with Gasteiger partial charge in [0.15, 0.2) is 0 Å². The molecule has 0 aromatic carbocycles. The topological polar surface area (TPSA) is 42.4 Å². The molecule has 1 heterocycles. The van der Waals surface area contributed by atoms with Crippen molar-refractivity contribution in [1.29, 1.82) is 0 Å². The van der Waals surface area contributed by atoms with Gasteiger partial charge < -0.3 is 9.64 Å². The first-order chi connectivity index (χ1) is 7.65. The predicted octanol–water partition coefficient (Wildman–Crippen LogP) is 1.84. The Hall–Kier alpha value is -1.13. The lowest BCUT2D eigenvalue weighted by atomic mass is 10.2. The van der Waals surface area contributed by atoms with Crippen molar-refractivity contribution >= 4 is 17.5 Å². The van der Waals surface area contributed by atoms with Crippen LogP contribution in [-0.2, 0) is 4.74 Å². The molecule has 5 heteroatoms. The van der Waals surface area contributed by atoms with Gasteiger partial charge in [-0.15, -0.1) is 0 Å². The molecule has 16 heavy (non-hydrogen) atoms. The van der Waals surface area contributed by atoms with Gasteiger partial charge in [0.1, 0.15) is 5.15 Å². The molecule has 0 spiro atoms. The first-order valence-corrected chi connectivity index (χ1v) is 5.47. The molecule has 0 unspecified atom stereocenters. The second-order valence-electron chi connectivity index (χ2n) is 3.29. The highest BCUT2D eigenvalue weighted by Crippen LogP contribution is 2.07. The number of nitrogens with zero attached hydrogens (tertiary/aromatic N) is 2. The number of carbonyl (C=O) groups is 1. The molecule has 0 N–H and O–H groups in total. The molecule has 0 saturated heterocycles. The van der Waals surface area contributed by atoms with Gasteiger partial charge in [0, 0.05) is 26.4 Å². The van der Waals surface area contributed by atoms with E-state index in [1.807, 2.05) is 6.92 Å². The van der Waals surface area contributed by atoms with Crippen molar-refractivity contribution in [3.8, 4) is 0 Å².